The van der Waals surface area contributed by atoms with Gasteiger partial charge in [-0.1, -0.05) is 24.3 Å². The number of rotatable bonds is 1. The fraction of sp³-hybridized carbons (Fsp3) is 0.130. The number of hydrogen-bond acceptors (Lipinski definition) is 4. The zero-order valence-corrected chi connectivity index (χ0v) is 15.7. The van der Waals surface area contributed by atoms with Crippen molar-refractivity contribution >= 4 is 17.2 Å². The molecule has 1 aromatic heterocycles. The lowest BCUT2D eigenvalue weighted by molar-refractivity contribution is 0.843. The Bertz CT molecular complexity index is 1170. The first-order valence-corrected chi connectivity index (χ1v) is 8.52. The average molecular weight is 361 g/mol. The van der Waals surface area contributed by atoms with Crippen LogP contribution in [0.3, 0.4) is 0 Å². The maximum Gasteiger partial charge on any atom is 0.138 e. The van der Waals surface area contributed by atoms with Crippen LogP contribution in [0.25, 0.3) is 17.2 Å². The van der Waals surface area contributed by atoms with Gasteiger partial charge >= 0.3 is 0 Å². The number of aromatic nitrogens is 1. The van der Waals surface area contributed by atoms with Crippen LogP contribution in [0.1, 0.15) is 28.1 Å². The fourth-order valence-electron chi connectivity index (χ4n) is 3.48. The number of fused-ring (bicyclic) bond motifs is 1. The van der Waals surface area contributed by atoms with E-state index < -0.39 is 0 Å². The van der Waals surface area contributed by atoms with E-state index in [-0.39, 0.29) is 11.1 Å². The minimum atomic E-state index is -0.0470. The predicted molar refractivity (Wildman–Crippen MR) is 106 cm³/mol. The second kappa shape index (κ2) is 7.13. The highest BCUT2D eigenvalue weighted by Crippen LogP contribution is 2.48. The van der Waals surface area contributed by atoms with Crippen molar-refractivity contribution < 1.29 is 0 Å². The van der Waals surface area contributed by atoms with Crippen LogP contribution >= 0.6 is 0 Å². The molecule has 0 bridgehead atoms. The van der Waals surface area contributed by atoms with Crippen molar-refractivity contribution in [3.63, 3.8) is 0 Å². The van der Waals surface area contributed by atoms with Crippen molar-refractivity contribution in [2.24, 2.45) is 7.05 Å². The van der Waals surface area contributed by atoms with Gasteiger partial charge in [0, 0.05) is 29.6 Å². The molecule has 0 unspecified atom stereocenters. The molecule has 2 aromatic rings. The Hall–Kier alpha value is -4.32. The van der Waals surface area contributed by atoms with E-state index in [1.807, 2.05) is 74.0 Å². The van der Waals surface area contributed by atoms with Gasteiger partial charge in [-0.2, -0.15) is 21.0 Å². The van der Waals surface area contributed by atoms with Crippen LogP contribution in [0.4, 0.5) is 0 Å². The van der Waals surface area contributed by atoms with E-state index in [0.29, 0.717) is 27.8 Å². The Morgan fingerprint density at radius 3 is 1.68 bits per heavy atom. The standard InChI is InChI=1S/C23H15N5/c1-14-8-16(15(2)28(14)3)9-21-22(17(10-24)11-25)19-6-4-5-7-20(19)23(21)18(12-26)13-27/h4-9H,1-3H3. The largest absolute Gasteiger partial charge is 0.352 e. The molecule has 0 saturated carbocycles. The molecule has 3 rings (SSSR count). The topological polar surface area (TPSA) is 100 Å². The summed E-state index contributed by atoms with van der Waals surface area (Å²) in [5.41, 5.74) is 5.69. The molecule has 0 radical (unpaired) electrons. The molecule has 28 heavy (non-hydrogen) atoms. The van der Waals surface area contributed by atoms with E-state index in [1.165, 1.54) is 0 Å². The van der Waals surface area contributed by atoms with Gasteiger partial charge in [-0.25, -0.2) is 0 Å². The summed E-state index contributed by atoms with van der Waals surface area (Å²) in [6.07, 6.45) is 1.86. The number of benzene rings is 1. The first-order chi connectivity index (χ1) is 13.5. The fourth-order valence-corrected chi connectivity index (χ4v) is 3.48. The molecule has 0 aliphatic heterocycles. The van der Waals surface area contributed by atoms with E-state index in [4.69, 9.17) is 0 Å². The van der Waals surface area contributed by atoms with Gasteiger partial charge in [-0.15, -0.1) is 0 Å². The Morgan fingerprint density at radius 1 is 0.857 bits per heavy atom. The predicted octanol–water partition coefficient (Wildman–Crippen LogP) is 4.34. The van der Waals surface area contributed by atoms with Gasteiger partial charge in [0.15, 0.2) is 0 Å². The molecule has 0 spiro atoms. The molecule has 1 aliphatic rings. The summed E-state index contributed by atoms with van der Waals surface area (Å²) < 4.78 is 2.03. The van der Waals surface area contributed by atoms with Crippen molar-refractivity contribution in [1.29, 1.82) is 21.0 Å². The second-order valence-corrected chi connectivity index (χ2v) is 6.44. The minimum absolute atomic E-state index is 0.0470. The molecular formula is C23H15N5. The molecule has 0 N–H and O–H groups in total. The van der Waals surface area contributed by atoms with Crippen LogP contribution in [0.2, 0.25) is 0 Å². The Balaban J connectivity index is 2.50. The third-order valence-corrected chi connectivity index (χ3v) is 5.07. The molecular weight excluding hydrogens is 346 g/mol. The Labute approximate surface area is 163 Å². The zero-order chi connectivity index (χ0) is 20.4. The third kappa shape index (κ3) is 2.69. The van der Waals surface area contributed by atoms with Crippen LogP contribution in [0.5, 0.6) is 0 Å². The lowest BCUT2D eigenvalue weighted by atomic mass is 9.94. The quantitative estimate of drug-likeness (QED) is 0.705. The molecule has 1 aromatic carbocycles. The highest BCUT2D eigenvalue weighted by atomic mass is 14.9. The maximum absolute atomic E-state index is 9.53. The van der Waals surface area contributed by atoms with Crippen LogP contribution in [-0.4, -0.2) is 4.57 Å². The first kappa shape index (κ1) is 18.5. The number of nitriles is 4. The summed E-state index contributed by atoms with van der Waals surface area (Å²) in [5.74, 6) is 0. The summed E-state index contributed by atoms with van der Waals surface area (Å²) in [7, 11) is 1.95. The summed E-state index contributed by atoms with van der Waals surface area (Å²) in [6, 6.07) is 17.1. The van der Waals surface area contributed by atoms with Crippen LogP contribution in [-0.2, 0) is 7.05 Å². The van der Waals surface area contributed by atoms with Crippen molar-refractivity contribution in [2.75, 3.05) is 0 Å². The van der Waals surface area contributed by atoms with E-state index in [9.17, 15) is 21.0 Å². The highest BCUT2D eigenvalue weighted by molar-refractivity contribution is 6.15. The monoisotopic (exact) mass is 361 g/mol. The van der Waals surface area contributed by atoms with E-state index in [0.717, 1.165) is 17.0 Å². The van der Waals surface area contributed by atoms with E-state index in [1.54, 1.807) is 12.1 Å². The molecule has 1 aliphatic carbocycles. The Morgan fingerprint density at radius 2 is 1.32 bits per heavy atom. The highest BCUT2D eigenvalue weighted by Gasteiger charge is 2.32. The summed E-state index contributed by atoms with van der Waals surface area (Å²) in [4.78, 5) is 0. The minimum Gasteiger partial charge on any atom is -0.352 e. The number of hydrogen-bond donors (Lipinski definition) is 0. The molecule has 0 fully saturated rings. The van der Waals surface area contributed by atoms with E-state index >= 15 is 0 Å². The molecule has 5 heteroatoms. The van der Waals surface area contributed by atoms with Crippen molar-refractivity contribution in [3.8, 4) is 24.3 Å². The third-order valence-electron chi connectivity index (χ3n) is 5.07. The summed E-state index contributed by atoms with van der Waals surface area (Å²) in [5, 5.41) is 38.1. The van der Waals surface area contributed by atoms with Gasteiger partial charge in [-0.3, -0.25) is 0 Å². The second-order valence-electron chi connectivity index (χ2n) is 6.44. The smallest absolute Gasteiger partial charge is 0.138 e. The maximum atomic E-state index is 9.53. The van der Waals surface area contributed by atoms with Crippen LogP contribution in [0, 0.1) is 59.2 Å². The van der Waals surface area contributed by atoms with Gasteiger partial charge in [0.2, 0.25) is 0 Å². The lowest BCUT2D eigenvalue weighted by Crippen LogP contribution is -1.93. The SMILES string of the molecule is Cc1cc(C=C2C(=C(C#N)C#N)c3ccccc3C2=C(C#N)C#N)c(C)n1C. The van der Waals surface area contributed by atoms with Gasteiger partial charge < -0.3 is 4.57 Å². The number of nitrogens with zero attached hydrogens (tertiary/aromatic N) is 5. The van der Waals surface area contributed by atoms with Crippen LogP contribution in [0.15, 0.2) is 47.1 Å². The first-order valence-electron chi connectivity index (χ1n) is 8.52. The molecule has 0 amide bonds. The average Bonchev–Trinajstić information content (AvgIpc) is 3.14. The van der Waals surface area contributed by atoms with Gasteiger partial charge in [0.25, 0.3) is 0 Å². The van der Waals surface area contributed by atoms with Crippen LogP contribution < -0.4 is 0 Å². The van der Waals surface area contributed by atoms with Crippen molar-refractivity contribution in [2.45, 2.75) is 13.8 Å². The normalized spacial score (nSPS) is 11.8. The molecule has 0 atom stereocenters. The molecule has 1 heterocycles. The molecule has 0 saturated heterocycles. The zero-order valence-electron chi connectivity index (χ0n) is 15.7. The Kier molecular flexibility index (Phi) is 4.70. The number of allylic oxidation sites excluding steroid dienone is 5. The van der Waals surface area contributed by atoms with Gasteiger partial charge in [0.1, 0.15) is 35.4 Å². The van der Waals surface area contributed by atoms with Crippen molar-refractivity contribution in [3.05, 3.63) is 75.1 Å². The molecule has 132 valence electrons. The van der Waals surface area contributed by atoms with Gasteiger partial charge in [-0.05, 0) is 48.3 Å². The van der Waals surface area contributed by atoms with Crippen molar-refractivity contribution in [1.82, 2.24) is 4.57 Å². The molecule has 5 nitrogen and oxygen atoms in total. The van der Waals surface area contributed by atoms with E-state index in [2.05, 4.69) is 0 Å². The number of aryl methyl sites for hydroxylation is 1. The van der Waals surface area contributed by atoms with Gasteiger partial charge in [0.05, 0.1) is 0 Å². The summed E-state index contributed by atoms with van der Waals surface area (Å²) >= 11 is 0. The lowest BCUT2D eigenvalue weighted by Gasteiger charge is -2.06. The summed E-state index contributed by atoms with van der Waals surface area (Å²) in [6.45, 7) is 3.96.